The zero-order chi connectivity index (χ0) is 14.0. The standard InChI is InChI=1S/C11H8BrF3N4/c12-8-9(16)17-5-18-10(8)19-7-3-1-6(2-4-7)11(13,14)15/h1-5H,(H3,16,17,18,19). The van der Waals surface area contributed by atoms with Gasteiger partial charge in [0.1, 0.15) is 22.4 Å². The maximum Gasteiger partial charge on any atom is 0.416 e. The number of alkyl halides is 3. The van der Waals surface area contributed by atoms with Gasteiger partial charge in [-0.15, -0.1) is 0 Å². The second kappa shape index (κ2) is 5.04. The highest BCUT2D eigenvalue weighted by atomic mass is 79.9. The zero-order valence-electron chi connectivity index (χ0n) is 9.37. The van der Waals surface area contributed by atoms with Crippen LogP contribution in [0, 0.1) is 0 Å². The number of nitrogens with two attached hydrogens (primary N) is 1. The van der Waals surface area contributed by atoms with Gasteiger partial charge in [0.15, 0.2) is 0 Å². The van der Waals surface area contributed by atoms with Crippen molar-refractivity contribution in [3.05, 3.63) is 40.6 Å². The summed E-state index contributed by atoms with van der Waals surface area (Å²) in [5, 5.41) is 2.85. The van der Waals surface area contributed by atoms with E-state index in [4.69, 9.17) is 5.73 Å². The third-order valence-electron chi connectivity index (χ3n) is 2.29. The number of nitrogens with one attached hydrogen (secondary N) is 1. The summed E-state index contributed by atoms with van der Waals surface area (Å²) in [4.78, 5) is 7.69. The number of hydrogen-bond donors (Lipinski definition) is 2. The number of nitrogens with zero attached hydrogens (tertiary/aromatic N) is 2. The van der Waals surface area contributed by atoms with Crippen LogP contribution in [0.2, 0.25) is 0 Å². The van der Waals surface area contributed by atoms with E-state index >= 15 is 0 Å². The highest BCUT2D eigenvalue weighted by molar-refractivity contribution is 9.10. The molecule has 0 aliphatic heterocycles. The minimum Gasteiger partial charge on any atom is -0.383 e. The fourth-order valence-corrected chi connectivity index (χ4v) is 1.65. The van der Waals surface area contributed by atoms with E-state index in [0.29, 0.717) is 16.0 Å². The van der Waals surface area contributed by atoms with E-state index in [1.165, 1.54) is 18.5 Å². The number of hydrogen-bond acceptors (Lipinski definition) is 4. The lowest BCUT2D eigenvalue weighted by molar-refractivity contribution is -0.137. The third kappa shape index (κ3) is 3.14. The van der Waals surface area contributed by atoms with Crippen LogP contribution >= 0.6 is 15.9 Å². The van der Waals surface area contributed by atoms with Gasteiger partial charge in [0.05, 0.1) is 5.56 Å². The molecule has 0 saturated heterocycles. The monoisotopic (exact) mass is 332 g/mol. The van der Waals surface area contributed by atoms with Gasteiger partial charge < -0.3 is 11.1 Å². The number of nitrogen functional groups attached to an aromatic ring is 1. The van der Waals surface area contributed by atoms with Crippen LogP contribution in [0.1, 0.15) is 5.56 Å². The van der Waals surface area contributed by atoms with Crippen LogP contribution in [-0.2, 0) is 6.18 Å². The molecule has 0 spiro atoms. The minimum absolute atomic E-state index is 0.240. The minimum atomic E-state index is -4.35. The fourth-order valence-electron chi connectivity index (χ4n) is 1.35. The Hall–Kier alpha value is -1.83. The summed E-state index contributed by atoms with van der Waals surface area (Å²) in [6, 6.07) is 4.60. The third-order valence-corrected chi connectivity index (χ3v) is 3.07. The van der Waals surface area contributed by atoms with Crippen LogP contribution in [0.25, 0.3) is 0 Å². The predicted octanol–water partition coefficient (Wildman–Crippen LogP) is 3.58. The second-order valence-corrected chi connectivity index (χ2v) is 4.41. The maximum atomic E-state index is 12.4. The summed E-state index contributed by atoms with van der Waals surface area (Å²) in [6.07, 6.45) is -3.09. The maximum absolute atomic E-state index is 12.4. The van der Waals surface area contributed by atoms with Crippen LogP contribution < -0.4 is 11.1 Å². The number of aromatic nitrogens is 2. The highest BCUT2D eigenvalue weighted by Crippen LogP contribution is 2.31. The molecule has 3 N–H and O–H groups in total. The lowest BCUT2D eigenvalue weighted by Gasteiger charge is -2.10. The summed E-state index contributed by atoms with van der Waals surface area (Å²) < 4.78 is 37.6. The molecule has 0 fully saturated rings. The average Bonchev–Trinajstić information content (AvgIpc) is 2.35. The first-order valence-corrected chi connectivity index (χ1v) is 5.87. The molecule has 0 aliphatic carbocycles. The molecule has 0 unspecified atom stereocenters. The average molecular weight is 333 g/mol. The van der Waals surface area contributed by atoms with E-state index in [0.717, 1.165) is 12.1 Å². The number of benzene rings is 1. The van der Waals surface area contributed by atoms with Crippen molar-refractivity contribution in [2.45, 2.75) is 6.18 Å². The summed E-state index contributed by atoms with van der Waals surface area (Å²) in [6.45, 7) is 0. The summed E-state index contributed by atoms with van der Waals surface area (Å²) in [5.41, 5.74) is 5.32. The summed E-state index contributed by atoms with van der Waals surface area (Å²) >= 11 is 3.19. The van der Waals surface area contributed by atoms with Gasteiger partial charge in [-0.2, -0.15) is 13.2 Å². The topological polar surface area (TPSA) is 63.8 Å². The van der Waals surface area contributed by atoms with Crippen LogP contribution in [0.15, 0.2) is 35.1 Å². The van der Waals surface area contributed by atoms with E-state index in [-0.39, 0.29) is 5.82 Å². The molecule has 0 aliphatic rings. The van der Waals surface area contributed by atoms with Gasteiger partial charge in [-0.3, -0.25) is 0 Å². The molecular weight excluding hydrogens is 325 g/mol. The van der Waals surface area contributed by atoms with Crippen molar-refractivity contribution in [1.82, 2.24) is 9.97 Å². The molecular formula is C11H8BrF3N4. The first kappa shape index (κ1) is 13.6. The van der Waals surface area contributed by atoms with Crippen molar-refractivity contribution in [3.63, 3.8) is 0 Å². The van der Waals surface area contributed by atoms with Crippen molar-refractivity contribution in [1.29, 1.82) is 0 Å². The van der Waals surface area contributed by atoms with Crippen molar-refractivity contribution in [2.24, 2.45) is 0 Å². The van der Waals surface area contributed by atoms with Crippen molar-refractivity contribution in [3.8, 4) is 0 Å². The first-order valence-electron chi connectivity index (χ1n) is 5.08. The number of rotatable bonds is 2. The second-order valence-electron chi connectivity index (χ2n) is 3.62. The molecule has 0 atom stereocenters. The molecule has 1 aromatic heterocycles. The molecule has 19 heavy (non-hydrogen) atoms. The smallest absolute Gasteiger partial charge is 0.383 e. The van der Waals surface area contributed by atoms with Crippen molar-refractivity contribution in [2.75, 3.05) is 11.1 Å². The van der Waals surface area contributed by atoms with E-state index in [2.05, 4.69) is 31.2 Å². The van der Waals surface area contributed by atoms with Gasteiger partial charge in [0.25, 0.3) is 0 Å². The zero-order valence-corrected chi connectivity index (χ0v) is 11.0. The van der Waals surface area contributed by atoms with Gasteiger partial charge in [0, 0.05) is 5.69 Å². The molecule has 0 radical (unpaired) electrons. The Morgan fingerprint density at radius 2 is 1.74 bits per heavy atom. The molecule has 0 bridgehead atoms. The van der Waals surface area contributed by atoms with Gasteiger partial charge in [-0.1, -0.05) is 0 Å². The Morgan fingerprint density at radius 3 is 2.32 bits per heavy atom. The largest absolute Gasteiger partial charge is 0.416 e. The molecule has 1 heterocycles. The molecule has 2 aromatic rings. The molecule has 8 heteroatoms. The molecule has 0 amide bonds. The van der Waals surface area contributed by atoms with E-state index in [9.17, 15) is 13.2 Å². The first-order chi connectivity index (χ1) is 8.88. The van der Waals surface area contributed by atoms with Crippen LogP contribution in [0.3, 0.4) is 0 Å². The predicted molar refractivity (Wildman–Crippen MR) is 68.9 cm³/mol. The van der Waals surface area contributed by atoms with Gasteiger partial charge in [-0.05, 0) is 40.2 Å². The Morgan fingerprint density at radius 1 is 1.11 bits per heavy atom. The number of anilines is 3. The van der Waals surface area contributed by atoms with Crippen LogP contribution in [0.5, 0.6) is 0 Å². The Bertz CT molecular complexity index is 583. The SMILES string of the molecule is Nc1ncnc(Nc2ccc(C(F)(F)F)cc2)c1Br. The van der Waals surface area contributed by atoms with Gasteiger partial charge in [-0.25, -0.2) is 9.97 Å². The van der Waals surface area contributed by atoms with E-state index in [1.807, 2.05) is 0 Å². The summed E-state index contributed by atoms with van der Waals surface area (Å²) in [7, 11) is 0. The number of halogens is 4. The molecule has 2 rings (SSSR count). The van der Waals surface area contributed by atoms with E-state index < -0.39 is 11.7 Å². The quantitative estimate of drug-likeness (QED) is 0.882. The summed E-state index contributed by atoms with van der Waals surface area (Å²) in [5.74, 6) is 0.622. The Balaban J connectivity index is 2.23. The van der Waals surface area contributed by atoms with E-state index in [1.54, 1.807) is 0 Å². The normalized spacial score (nSPS) is 11.4. The van der Waals surface area contributed by atoms with Crippen LogP contribution in [0.4, 0.5) is 30.5 Å². The highest BCUT2D eigenvalue weighted by Gasteiger charge is 2.29. The van der Waals surface area contributed by atoms with Crippen molar-refractivity contribution < 1.29 is 13.2 Å². The molecule has 4 nitrogen and oxygen atoms in total. The Labute approximate surface area is 115 Å². The lowest BCUT2D eigenvalue weighted by atomic mass is 10.2. The molecule has 0 saturated carbocycles. The Kier molecular flexibility index (Phi) is 3.61. The molecule has 100 valence electrons. The van der Waals surface area contributed by atoms with Crippen LogP contribution in [-0.4, -0.2) is 9.97 Å². The van der Waals surface area contributed by atoms with Crippen molar-refractivity contribution >= 4 is 33.3 Å². The fraction of sp³-hybridized carbons (Fsp3) is 0.0909. The lowest BCUT2D eigenvalue weighted by Crippen LogP contribution is -2.05. The van der Waals surface area contributed by atoms with Gasteiger partial charge >= 0.3 is 6.18 Å². The van der Waals surface area contributed by atoms with Gasteiger partial charge in [0.2, 0.25) is 0 Å². The molecule has 1 aromatic carbocycles.